The molecule has 1 saturated heterocycles. The van der Waals surface area contributed by atoms with Crippen molar-refractivity contribution in [1.82, 2.24) is 5.32 Å². The second-order valence-corrected chi connectivity index (χ2v) is 6.44. The molecule has 4 heteroatoms. The number of carbonyl (C=O) groups is 1. The van der Waals surface area contributed by atoms with Crippen molar-refractivity contribution in [3.8, 4) is 0 Å². The molecule has 2 aliphatic heterocycles. The fraction of sp³-hybridized carbons (Fsp3) is 0.611. The third-order valence-corrected chi connectivity index (χ3v) is 4.70. The summed E-state index contributed by atoms with van der Waals surface area (Å²) < 4.78 is 5.55. The molecule has 1 aromatic rings. The zero-order valence-corrected chi connectivity index (χ0v) is 13.4. The maximum Gasteiger partial charge on any atom is 0.220 e. The summed E-state index contributed by atoms with van der Waals surface area (Å²) in [5.41, 5.74) is 3.93. The van der Waals surface area contributed by atoms with E-state index >= 15 is 0 Å². The fourth-order valence-electron chi connectivity index (χ4n) is 3.40. The summed E-state index contributed by atoms with van der Waals surface area (Å²) >= 11 is 0. The van der Waals surface area contributed by atoms with E-state index in [-0.39, 0.29) is 5.91 Å². The highest BCUT2D eigenvalue weighted by molar-refractivity contribution is 5.75. The van der Waals surface area contributed by atoms with Gasteiger partial charge in [-0.2, -0.15) is 0 Å². The van der Waals surface area contributed by atoms with E-state index in [1.807, 2.05) is 0 Å². The van der Waals surface area contributed by atoms with Gasteiger partial charge in [0.25, 0.3) is 0 Å². The van der Waals surface area contributed by atoms with Crippen LogP contribution >= 0.6 is 0 Å². The summed E-state index contributed by atoms with van der Waals surface area (Å²) in [6, 6.07) is 6.55. The number of rotatable bonds is 5. The summed E-state index contributed by atoms with van der Waals surface area (Å²) in [6.45, 7) is 2.61. The van der Waals surface area contributed by atoms with Gasteiger partial charge in [-0.1, -0.05) is 12.1 Å². The zero-order chi connectivity index (χ0) is 15.4. The third-order valence-electron chi connectivity index (χ3n) is 4.70. The van der Waals surface area contributed by atoms with E-state index in [1.165, 1.54) is 23.2 Å². The molecule has 2 heterocycles. The van der Waals surface area contributed by atoms with Crippen molar-refractivity contribution in [3.63, 3.8) is 0 Å². The highest BCUT2D eigenvalue weighted by atomic mass is 16.5. The minimum atomic E-state index is 0.130. The van der Waals surface area contributed by atoms with Gasteiger partial charge in [0.1, 0.15) is 0 Å². The van der Waals surface area contributed by atoms with Crippen molar-refractivity contribution in [3.05, 3.63) is 29.3 Å². The highest BCUT2D eigenvalue weighted by Crippen LogP contribution is 2.26. The van der Waals surface area contributed by atoms with Crippen LogP contribution in [0.15, 0.2) is 18.2 Å². The third kappa shape index (κ3) is 3.80. The van der Waals surface area contributed by atoms with Crippen LogP contribution < -0.4 is 10.2 Å². The van der Waals surface area contributed by atoms with E-state index < -0.39 is 0 Å². The van der Waals surface area contributed by atoms with Gasteiger partial charge in [0, 0.05) is 38.9 Å². The van der Waals surface area contributed by atoms with Crippen molar-refractivity contribution in [1.29, 1.82) is 0 Å². The summed E-state index contributed by atoms with van der Waals surface area (Å²) in [7, 11) is 2.14. The monoisotopic (exact) mass is 302 g/mol. The van der Waals surface area contributed by atoms with Gasteiger partial charge in [-0.25, -0.2) is 0 Å². The van der Waals surface area contributed by atoms with Crippen molar-refractivity contribution < 1.29 is 9.53 Å². The van der Waals surface area contributed by atoms with Crippen LogP contribution in [0.25, 0.3) is 0 Å². The van der Waals surface area contributed by atoms with Gasteiger partial charge < -0.3 is 15.0 Å². The average Bonchev–Trinajstić information content (AvgIpc) is 3.04. The molecule has 1 atom stereocenters. The summed E-state index contributed by atoms with van der Waals surface area (Å²) in [5, 5.41) is 3.03. The van der Waals surface area contributed by atoms with E-state index in [9.17, 15) is 4.79 Å². The van der Waals surface area contributed by atoms with Crippen LogP contribution in [0.2, 0.25) is 0 Å². The molecule has 0 aromatic heterocycles. The SMILES string of the molecule is CN1CCCc2cc(CNC(=O)CC[C@H]3CCCO3)ccc21. The topological polar surface area (TPSA) is 41.6 Å². The first-order valence-electron chi connectivity index (χ1n) is 8.43. The van der Waals surface area contributed by atoms with Crippen LogP contribution in [0.5, 0.6) is 0 Å². The van der Waals surface area contributed by atoms with Crippen molar-refractivity contribution in [2.75, 3.05) is 25.1 Å². The largest absolute Gasteiger partial charge is 0.378 e. The molecular formula is C18H26N2O2. The second kappa shape index (κ2) is 7.14. The predicted octanol–water partition coefficient (Wildman–Crippen LogP) is 2.64. The van der Waals surface area contributed by atoms with Crippen LogP contribution in [-0.4, -0.2) is 32.2 Å². The van der Waals surface area contributed by atoms with Crippen molar-refractivity contribution >= 4 is 11.6 Å². The molecule has 0 spiro atoms. The van der Waals surface area contributed by atoms with Gasteiger partial charge in [-0.05, 0) is 49.3 Å². The standard InChI is InChI=1S/C18H26N2O2/c1-20-10-2-4-15-12-14(6-8-17(15)20)13-19-18(21)9-7-16-5-3-11-22-16/h6,8,12,16H,2-5,7,9-11,13H2,1H3,(H,19,21)/t16-/m1/s1. The maximum absolute atomic E-state index is 11.9. The molecule has 4 nitrogen and oxygen atoms in total. The van der Waals surface area contributed by atoms with Crippen LogP contribution in [0, 0.1) is 0 Å². The van der Waals surface area contributed by atoms with Gasteiger partial charge in [-0.3, -0.25) is 4.79 Å². The number of anilines is 1. The molecule has 3 rings (SSSR count). The Morgan fingerprint density at radius 2 is 2.32 bits per heavy atom. The number of ether oxygens (including phenoxy) is 1. The Bertz CT molecular complexity index is 524. The number of nitrogens with one attached hydrogen (secondary N) is 1. The average molecular weight is 302 g/mol. The number of carbonyl (C=O) groups excluding carboxylic acids is 1. The molecule has 1 amide bonds. The summed E-state index contributed by atoms with van der Waals surface area (Å²) in [5.74, 6) is 0.130. The Labute approximate surface area is 132 Å². The molecule has 1 aromatic carbocycles. The van der Waals surface area contributed by atoms with Gasteiger partial charge in [0.15, 0.2) is 0 Å². The number of amides is 1. The first-order chi connectivity index (χ1) is 10.7. The quantitative estimate of drug-likeness (QED) is 0.909. The molecule has 0 aliphatic carbocycles. The van der Waals surface area contributed by atoms with Crippen LogP contribution in [0.3, 0.4) is 0 Å². The van der Waals surface area contributed by atoms with Crippen LogP contribution in [-0.2, 0) is 22.5 Å². The Kier molecular flexibility index (Phi) is 4.98. The first kappa shape index (κ1) is 15.3. The normalized spacial score (nSPS) is 20.8. The first-order valence-corrected chi connectivity index (χ1v) is 8.43. The van der Waals surface area contributed by atoms with E-state index in [0.29, 0.717) is 19.1 Å². The molecule has 22 heavy (non-hydrogen) atoms. The lowest BCUT2D eigenvalue weighted by Crippen LogP contribution is -2.26. The lowest BCUT2D eigenvalue weighted by atomic mass is 9.99. The number of fused-ring (bicyclic) bond motifs is 1. The Morgan fingerprint density at radius 3 is 3.14 bits per heavy atom. The smallest absolute Gasteiger partial charge is 0.220 e. The number of benzene rings is 1. The molecule has 1 N–H and O–H groups in total. The lowest BCUT2D eigenvalue weighted by molar-refractivity contribution is -0.121. The highest BCUT2D eigenvalue weighted by Gasteiger charge is 2.17. The Hall–Kier alpha value is -1.55. The van der Waals surface area contributed by atoms with Gasteiger partial charge in [-0.15, -0.1) is 0 Å². The maximum atomic E-state index is 11.9. The summed E-state index contributed by atoms with van der Waals surface area (Å²) in [4.78, 5) is 14.2. The Morgan fingerprint density at radius 1 is 1.41 bits per heavy atom. The number of aryl methyl sites for hydroxylation is 1. The fourth-order valence-corrected chi connectivity index (χ4v) is 3.40. The summed E-state index contributed by atoms with van der Waals surface area (Å²) in [6.07, 6.45) is 6.30. The van der Waals surface area contributed by atoms with Crippen molar-refractivity contribution in [2.24, 2.45) is 0 Å². The van der Waals surface area contributed by atoms with Crippen LogP contribution in [0.4, 0.5) is 5.69 Å². The van der Waals surface area contributed by atoms with E-state index in [0.717, 1.165) is 38.8 Å². The zero-order valence-electron chi connectivity index (χ0n) is 13.4. The molecule has 0 radical (unpaired) electrons. The Balaban J connectivity index is 1.47. The molecule has 0 bridgehead atoms. The predicted molar refractivity (Wildman–Crippen MR) is 88.1 cm³/mol. The second-order valence-electron chi connectivity index (χ2n) is 6.44. The lowest BCUT2D eigenvalue weighted by Gasteiger charge is -2.27. The van der Waals surface area contributed by atoms with E-state index in [1.54, 1.807) is 0 Å². The molecule has 2 aliphatic rings. The van der Waals surface area contributed by atoms with Gasteiger partial charge in [0.05, 0.1) is 6.10 Å². The molecule has 1 fully saturated rings. The van der Waals surface area contributed by atoms with Crippen molar-refractivity contribution in [2.45, 2.75) is 51.2 Å². The number of hydrogen-bond donors (Lipinski definition) is 1. The van der Waals surface area contributed by atoms with Gasteiger partial charge >= 0.3 is 0 Å². The molecular weight excluding hydrogens is 276 g/mol. The van der Waals surface area contributed by atoms with Crippen LogP contribution in [0.1, 0.15) is 43.2 Å². The minimum absolute atomic E-state index is 0.130. The van der Waals surface area contributed by atoms with Gasteiger partial charge in [0.2, 0.25) is 5.91 Å². The minimum Gasteiger partial charge on any atom is -0.378 e. The molecule has 120 valence electrons. The number of hydrogen-bond acceptors (Lipinski definition) is 3. The number of nitrogens with zero attached hydrogens (tertiary/aromatic N) is 1. The molecule has 0 saturated carbocycles. The van der Waals surface area contributed by atoms with E-state index in [4.69, 9.17) is 4.74 Å². The molecule has 0 unspecified atom stereocenters. The van der Waals surface area contributed by atoms with E-state index in [2.05, 4.69) is 35.5 Å².